The lowest BCUT2D eigenvalue weighted by molar-refractivity contribution is -0.167. The third-order valence-corrected chi connectivity index (χ3v) is 6.70. The average molecular weight is 636 g/mol. The van der Waals surface area contributed by atoms with E-state index >= 15 is 0 Å². The number of carbonyl (C=O) groups is 1. The number of esters is 1. The zero-order chi connectivity index (χ0) is 28.9. The van der Waals surface area contributed by atoms with Gasteiger partial charge in [0.2, 0.25) is 6.29 Å². The van der Waals surface area contributed by atoms with Gasteiger partial charge in [-0.3, -0.25) is 4.79 Å². The van der Waals surface area contributed by atoms with Crippen molar-refractivity contribution in [2.45, 2.75) is 96.1 Å². The van der Waals surface area contributed by atoms with Crippen molar-refractivity contribution < 1.29 is 24.1 Å². The summed E-state index contributed by atoms with van der Waals surface area (Å²) in [6.45, 7) is 18.3. The van der Waals surface area contributed by atoms with Crippen molar-refractivity contribution in [1.82, 2.24) is 0 Å². The Bertz CT molecular complexity index is 1100. The van der Waals surface area contributed by atoms with Gasteiger partial charge in [-0.25, -0.2) is 0 Å². The molecule has 0 spiro atoms. The van der Waals surface area contributed by atoms with Crippen LogP contribution in [-0.4, -0.2) is 25.7 Å². The van der Waals surface area contributed by atoms with E-state index < -0.39 is 17.5 Å². The molecule has 0 aliphatic carbocycles. The van der Waals surface area contributed by atoms with Gasteiger partial charge in [-0.15, -0.1) is 0 Å². The molecule has 0 radical (unpaired) electrons. The predicted octanol–water partition coefficient (Wildman–Crippen LogP) is 7.76. The Morgan fingerprint density at radius 2 is 1.42 bits per heavy atom. The third-order valence-electron chi connectivity index (χ3n) is 5.95. The van der Waals surface area contributed by atoms with E-state index in [0.717, 1.165) is 6.42 Å². The van der Waals surface area contributed by atoms with Gasteiger partial charge in [0.05, 0.1) is 17.6 Å². The molecule has 2 atom stereocenters. The van der Waals surface area contributed by atoms with Crippen molar-refractivity contribution in [2.75, 3.05) is 0 Å². The summed E-state index contributed by atoms with van der Waals surface area (Å²) in [5.74, 6) is 0.688. The molecule has 2 unspecified atom stereocenters. The number of alkyl halides is 1. The number of ether oxygens (including phenoxy) is 3. The molecule has 0 fully saturated rings. The van der Waals surface area contributed by atoms with E-state index in [2.05, 4.69) is 57.2 Å². The van der Waals surface area contributed by atoms with Gasteiger partial charge >= 0.3 is 5.97 Å². The maximum Gasteiger partial charge on any atom is 0.310 e. The van der Waals surface area contributed by atoms with Gasteiger partial charge in [0, 0.05) is 15.4 Å². The first-order valence-corrected chi connectivity index (χ1v) is 13.9. The summed E-state index contributed by atoms with van der Waals surface area (Å²) in [6, 6.07) is 15.6. The lowest BCUT2D eigenvalue weighted by atomic mass is 9.79. The molecule has 38 heavy (non-hydrogen) atoms. The van der Waals surface area contributed by atoms with Crippen molar-refractivity contribution >= 4 is 28.6 Å². The monoisotopic (exact) mass is 635 g/mol. The van der Waals surface area contributed by atoms with Crippen LogP contribution in [0.3, 0.4) is 0 Å². The van der Waals surface area contributed by atoms with Gasteiger partial charge in [0.25, 0.3) is 0 Å². The van der Waals surface area contributed by atoms with Crippen LogP contribution in [0.25, 0.3) is 0 Å². The second kappa shape index (κ2) is 12.3. The quantitative estimate of drug-likeness (QED) is 0.118. The Hall–Kier alpha value is -2.31. The van der Waals surface area contributed by atoms with Crippen LogP contribution in [0, 0.1) is 22.7 Å². The van der Waals surface area contributed by atoms with Gasteiger partial charge in [-0.2, -0.15) is 5.26 Å². The highest BCUT2D eigenvalue weighted by atomic mass is 127. The summed E-state index contributed by atoms with van der Waals surface area (Å²) in [4.78, 5) is 13.3. The molecule has 0 bridgehead atoms. The highest BCUT2D eigenvalue weighted by Gasteiger charge is 2.41. The van der Waals surface area contributed by atoms with Gasteiger partial charge < -0.3 is 19.3 Å². The summed E-state index contributed by atoms with van der Waals surface area (Å²) in [5.41, 5.74) is -0.259. The molecule has 7 heteroatoms. The molecule has 2 rings (SSSR count). The molecule has 1 N–H and O–H groups in total. The molecular formula is C31H42INO5. The topological polar surface area (TPSA) is 88.8 Å². The molecule has 0 saturated heterocycles. The van der Waals surface area contributed by atoms with E-state index in [1.54, 1.807) is 48.5 Å². The Balaban J connectivity index is 2.02. The highest BCUT2D eigenvalue weighted by Crippen LogP contribution is 2.39. The third kappa shape index (κ3) is 10.5. The van der Waals surface area contributed by atoms with Crippen molar-refractivity contribution in [1.29, 1.82) is 5.26 Å². The fraction of sp³-hybridized carbons (Fsp3) is 0.548. The number of carbonyl (C=O) groups excluding carboxylic acids is 1. The summed E-state index contributed by atoms with van der Waals surface area (Å²) in [5, 5.41) is 19.4. The minimum atomic E-state index is -1.16. The number of rotatable bonds is 11. The number of nitriles is 1. The van der Waals surface area contributed by atoms with Gasteiger partial charge in [0.15, 0.2) is 0 Å². The maximum absolute atomic E-state index is 13.3. The Kier molecular flexibility index (Phi) is 10.3. The molecule has 208 valence electrons. The fourth-order valence-corrected chi connectivity index (χ4v) is 4.96. The molecule has 0 aliphatic heterocycles. The Labute approximate surface area is 241 Å². The fourth-order valence-electron chi connectivity index (χ4n) is 4.48. The molecule has 0 aromatic heterocycles. The maximum atomic E-state index is 13.3. The molecule has 2 aromatic rings. The van der Waals surface area contributed by atoms with E-state index in [4.69, 9.17) is 19.5 Å². The minimum absolute atomic E-state index is 0.00541. The van der Waals surface area contributed by atoms with Crippen molar-refractivity contribution in [2.24, 2.45) is 11.3 Å². The molecule has 0 saturated carbocycles. The predicted molar refractivity (Wildman–Crippen MR) is 158 cm³/mol. The van der Waals surface area contributed by atoms with Crippen LogP contribution >= 0.6 is 22.6 Å². The lowest BCUT2D eigenvalue weighted by Crippen LogP contribution is -2.44. The standard InChI is InChI=1S/C31H42INO5/c1-28(2,3)18-25(31(8,9)32)27(35)38-30(6,7)20-29(4,5)37-24-16-12-22(13-17-24)26(34)36-23-14-10-21(19-33)11-15-23/h10-17,25-26,34H,18,20H2,1-9H3. The van der Waals surface area contributed by atoms with Gasteiger partial charge in [-0.1, -0.05) is 43.4 Å². The smallest absolute Gasteiger partial charge is 0.310 e. The zero-order valence-corrected chi connectivity index (χ0v) is 26.3. The normalized spacial score (nSPS) is 14.3. The van der Waals surface area contributed by atoms with Crippen LogP contribution < -0.4 is 9.47 Å². The van der Waals surface area contributed by atoms with Gasteiger partial charge in [0.1, 0.15) is 22.7 Å². The van der Waals surface area contributed by atoms with Crippen LogP contribution in [0.1, 0.15) is 92.6 Å². The van der Waals surface area contributed by atoms with Crippen molar-refractivity contribution in [3.63, 3.8) is 0 Å². The Morgan fingerprint density at radius 1 is 0.895 bits per heavy atom. The number of hydrogen-bond donors (Lipinski definition) is 1. The second-order valence-corrected chi connectivity index (χ2v) is 15.6. The van der Waals surface area contributed by atoms with E-state index in [1.807, 2.05) is 33.8 Å². The molecule has 0 heterocycles. The van der Waals surface area contributed by atoms with E-state index in [-0.39, 0.29) is 20.7 Å². The summed E-state index contributed by atoms with van der Waals surface area (Å²) >= 11 is 2.34. The minimum Gasteiger partial charge on any atom is -0.488 e. The summed E-state index contributed by atoms with van der Waals surface area (Å²) < 4.78 is 17.7. The molecule has 6 nitrogen and oxygen atoms in total. The molecule has 0 aliphatic rings. The van der Waals surface area contributed by atoms with Crippen LogP contribution in [0.2, 0.25) is 0 Å². The van der Waals surface area contributed by atoms with Crippen molar-refractivity contribution in [3.8, 4) is 17.6 Å². The first-order chi connectivity index (χ1) is 17.3. The zero-order valence-electron chi connectivity index (χ0n) is 24.1. The number of aliphatic hydroxyl groups excluding tert-OH is 1. The molecule has 2 aromatic carbocycles. The second-order valence-electron chi connectivity index (χ2n) is 12.8. The van der Waals surface area contributed by atoms with Crippen LogP contribution in [0.15, 0.2) is 48.5 Å². The number of hydrogen-bond acceptors (Lipinski definition) is 6. The SMILES string of the molecule is CC(C)(C)CC(C(=O)OC(C)(C)CC(C)(C)Oc1ccc(C(O)Oc2ccc(C#N)cc2)cc1)C(C)(C)I. The number of nitrogens with zero attached hydrogens (tertiary/aromatic N) is 1. The number of halogens is 1. The van der Waals surface area contributed by atoms with E-state index in [9.17, 15) is 9.90 Å². The number of benzene rings is 2. The average Bonchev–Trinajstić information content (AvgIpc) is 2.75. The van der Waals surface area contributed by atoms with Crippen LogP contribution in [0.5, 0.6) is 11.5 Å². The molecule has 0 amide bonds. The van der Waals surface area contributed by atoms with Crippen LogP contribution in [-0.2, 0) is 9.53 Å². The van der Waals surface area contributed by atoms with Crippen molar-refractivity contribution in [3.05, 3.63) is 59.7 Å². The van der Waals surface area contributed by atoms with E-state index in [1.165, 1.54) is 0 Å². The summed E-state index contributed by atoms with van der Waals surface area (Å²) in [7, 11) is 0. The van der Waals surface area contributed by atoms with E-state index in [0.29, 0.717) is 29.0 Å². The van der Waals surface area contributed by atoms with Crippen LogP contribution in [0.4, 0.5) is 0 Å². The lowest BCUT2D eigenvalue weighted by Gasteiger charge is -2.38. The summed E-state index contributed by atoms with van der Waals surface area (Å²) in [6.07, 6.45) is 0.0682. The first kappa shape index (κ1) is 31.9. The Morgan fingerprint density at radius 3 is 1.89 bits per heavy atom. The molecular weight excluding hydrogens is 593 g/mol. The largest absolute Gasteiger partial charge is 0.488 e. The highest BCUT2D eigenvalue weighted by molar-refractivity contribution is 14.1. The van der Waals surface area contributed by atoms with Gasteiger partial charge in [-0.05, 0) is 102 Å². The first-order valence-electron chi connectivity index (χ1n) is 12.9. The number of aliphatic hydroxyl groups is 1.